The average Bonchev–Trinajstić information content (AvgIpc) is 2.35. The van der Waals surface area contributed by atoms with E-state index in [9.17, 15) is 22.8 Å². The molecule has 0 aliphatic rings. The van der Waals surface area contributed by atoms with Crippen LogP contribution in [0, 0.1) is 0 Å². The minimum Gasteiger partial charge on any atom is -0.481 e. The number of nitrogens with one attached hydrogen (secondary N) is 1. The SMILES string of the molecule is O=C(O)CCCC(=O)NCc1ccc(C(F)(F)F)cc1. The van der Waals surface area contributed by atoms with E-state index in [1.54, 1.807) is 0 Å². The van der Waals surface area contributed by atoms with E-state index in [0.29, 0.717) is 5.56 Å². The molecule has 0 heterocycles. The van der Waals surface area contributed by atoms with E-state index >= 15 is 0 Å². The molecule has 0 unspecified atom stereocenters. The minimum absolute atomic E-state index is 0.0763. The third kappa shape index (κ3) is 5.73. The maximum absolute atomic E-state index is 12.3. The zero-order chi connectivity index (χ0) is 15.2. The van der Waals surface area contributed by atoms with Crippen molar-refractivity contribution in [3.8, 4) is 0 Å². The van der Waals surface area contributed by atoms with E-state index in [4.69, 9.17) is 5.11 Å². The lowest BCUT2D eigenvalue weighted by atomic mass is 10.1. The third-order valence-corrected chi connectivity index (χ3v) is 2.57. The molecule has 1 rings (SSSR count). The van der Waals surface area contributed by atoms with Crippen molar-refractivity contribution in [3.05, 3.63) is 35.4 Å². The number of amides is 1. The molecular weight excluding hydrogens is 275 g/mol. The fourth-order valence-electron chi connectivity index (χ4n) is 1.50. The number of hydrogen-bond donors (Lipinski definition) is 2. The number of benzene rings is 1. The lowest BCUT2D eigenvalue weighted by molar-refractivity contribution is -0.138. The average molecular weight is 289 g/mol. The van der Waals surface area contributed by atoms with E-state index in [-0.39, 0.29) is 31.7 Å². The Morgan fingerprint density at radius 1 is 1.10 bits per heavy atom. The van der Waals surface area contributed by atoms with Crippen LogP contribution in [0.3, 0.4) is 0 Å². The summed E-state index contributed by atoms with van der Waals surface area (Å²) < 4.78 is 37.0. The Bertz CT molecular complexity index is 469. The second kappa shape index (κ2) is 6.93. The van der Waals surface area contributed by atoms with Crippen molar-refractivity contribution in [1.29, 1.82) is 0 Å². The Morgan fingerprint density at radius 2 is 1.70 bits per heavy atom. The molecule has 0 aliphatic heterocycles. The topological polar surface area (TPSA) is 66.4 Å². The van der Waals surface area contributed by atoms with Crippen LogP contribution in [0.5, 0.6) is 0 Å². The normalized spacial score (nSPS) is 11.2. The molecule has 0 saturated heterocycles. The third-order valence-electron chi connectivity index (χ3n) is 2.57. The fourth-order valence-corrected chi connectivity index (χ4v) is 1.50. The zero-order valence-corrected chi connectivity index (χ0v) is 10.5. The van der Waals surface area contributed by atoms with Crippen LogP contribution in [0.4, 0.5) is 13.2 Å². The predicted octanol–water partition coefficient (Wildman–Crippen LogP) is 2.58. The lowest BCUT2D eigenvalue weighted by Gasteiger charge is -2.08. The van der Waals surface area contributed by atoms with Crippen molar-refractivity contribution in [1.82, 2.24) is 5.32 Å². The molecule has 1 aromatic rings. The summed E-state index contributed by atoms with van der Waals surface area (Å²) in [6, 6.07) is 4.48. The predicted molar refractivity (Wildman–Crippen MR) is 64.8 cm³/mol. The molecule has 0 radical (unpaired) electrons. The number of hydrogen-bond acceptors (Lipinski definition) is 2. The van der Waals surface area contributed by atoms with Gasteiger partial charge in [0.2, 0.25) is 5.91 Å². The Morgan fingerprint density at radius 3 is 2.20 bits per heavy atom. The summed E-state index contributed by atoms with van der Waals surface area (Å²) in [6.07, 6.45) is -4.16. The van der Waals surface area contributed by atoms with Crippen LogP contribution in [0.2, 0.25) is 0 Å². The quantitative estimate of drug-likeness (QED) is 0.846. The van der Waals surface area contributed by atoms with Gasteiger partial charge in [0.15, 0.2) is 0 Å². The first-order valence-electron chi connectivity index (χ1n) is 5.93. The molecule has 0 bridgehead atoms. The van der Waals surface area contributed by atoms with E-state index in [1.807, 2.05) is 0 Å². The second-order valence-electron chi connectivity index (χ2n) is 4.22. The maximum atomic E-state index is 12.3. The Balaban J connectivity index is 2.38. The van der Waals surface area contributed by atoms with Crippen molar-refractivity contribution < 1.29 is 27.9 Å². The van der Waals surface area contributed by atoms with Crippen molar-refractivity contribution in [2.75, 3.05) is 0 Å². The largest absolute Gasteiger partial charge is 0.481 e. The summed E-state index contributed by atoms with van der Waals surface area (Å²) in [5.74, 6) is -1.30. The highest BCUT2D eigenvalue weighted by molar-refractivity contribution is 5.76. The first-order chi connectivity index (χ1) is 9.29. The van der Waals surface area contributed by atoms with E-state index in [0.717, 1.165) is 12.1 Å². The summed E-state index contributed by atoms with van der Waals surface area (Å²) >= 11 is 0. The molecule has 1 aromatic carbocycles. The van der Waals surface area contributed by atoms with Gasteiger partial charge in [0.25, 0.3) is 0 Å². The number of carboxylic acids is 1. The second-order valence-corrected chi connectivity index (χ2v) is 4.22. The van der Waals surface area contributed by atoms with Gasteiger partial charge in [0, 0.05) is 19.4 Å². The van der Waals surface area contributed by atoms with Gasteiger partial charge in [-0.2, -0.15) is 13.2 Å². The molecule has 0 spiro atoms. The van der Waals surface area contributed by atoms with Crippen LogP contribution in [0.1, 0.15) is 30.4 Å². The van der Waals surface area contributed by atoms with Gasteiger partial charge in [0.1, 0.15) is 0 Å². The molecule has 0 fully saturated rings. The molecule has 0 atom stereocenters. The number of alkyl halides is 3. The summed E-state index contributed by atoms with van der Waals surface area (Å²) in [6.45, 7) is 0.115. The van der Waals surface area contributed by atoms with Gasteiger partial charge in [-0.1, -0.05) is 12.1 Å². The standard InChI is InChI=1S/C13H14F3NO3/c14-13(15,16)10-6-4-9(5-7-10)8-17-11(18)2-1-3-12(19)20/h4-7H,1-3,8H2,(H,17,18)(H,19,20). The van der Waals surface area contributed by atoms with Gasteiger partial charge < -0.3 is 10.4 Å². The highest BCUT2D eigenvalue weighted by Gasteiger charge is 2.29. The highest BCUT2D eigenvalue weighted by atomic mass is 19.4. The lowest BCUT2D eigenvalue weighted by Crippen LogP contribution is -2.22. The molecule has 7 heteroatoms. The van der Waals surface area contributed by atoms with Crippen LogP contribution in [-0.2, 0) is 22.3 Å². The number of carboxylic acid groups (broad SMARTS) is 1. The van der Waals surface area contributed by atoms with Gasteiger partial charge in [-0.05, 0) is 24.1 Å². The van der Waals surface area contributed by atoms with Gasteiger partial charge in [0.05, 0.1) is 5.56 Å². The maximum Gasteiger partial charge on any atom is 0.416 e. The monoisotopic (exact) mass is 289 g/mol. The molecule has 2 N–H and O–H groups in total. The van der Waals surface area contributed by atoms with E-state index in [1.165, 1.54) is 12.1 Å². The van der Waals surface area contributed by atoms with E-state index in [2.05, 4.69) is 5.32 Å². The Hall–Kier alpha value is -2.05. The summed E-state index contributed by atoms with van der Waals surface area (Å²) in [7, 11) is 0. The van der Waals surface area contributed by atoms with Crippen molar-refractivity contribution in [2.45, 2.75) is 32.0 Å². The number of carbonyl (C=O) groups excluding carboxylic acids is 1. The molecular formula is C13H14F3NO3. The van der Waals surface area contributed by atoms with Crippen molar-refractivity contribution >= 4 is 11.9 Å². The zero-order valence-electron chi connectivity index (χ0n) is 10.5. The first kappa shape index (κ1) is 16.0. The van der Waals surface area contributed by atoms with Crippen LogP contribution < -0.4 is 5.32 Å². The number of aliphatic carboxylic acids is 1. The van der Waals surface area contributed by atoms with Crippen molar-refractivity contribution in [3.63, 3.8) is 0 Å². The van der Waals surface area contributed by atoms with Gasteiger partial charge in [-0.15, -0.1) is 0 Å². The van der Waals surface area contributed by atoms with Gasteiger partial charge in [-0.3, -0.25) is 9.59 Å². The smallest absolute Gasteiger partial charge is 0.416 e. The molecule has 1 amide bonds. The Kier molecular flexibility index (Phi) is 5.54. The van der Waals surface area contributed by atoms with Gasteiger partial charge in [-0.25, -0.2) is 0 Å². The summed E-state index contributed by atoms with van der Waals surface area (Å²) in [4.78, 5) is 21.6. The van der Waals surface area contributed by atoms with Crippen LogP contribution in [0.15, 0.2) is 24.3 Å². The highest BCUT2D eigenvalue weighted by Crippen LogP contribution is 2.28. The van der Waals surface area contributed by atoms with Crippen LogP contribution in [-0.4, -0.2) is 17.0 Å². The fraction of sp³-hybridized carbons (Fsp3) is 0.385. The molecule has 4 nitrogen and oxygen atoms in total. The minimum atomic E-state index is -4.38. The van der Waals surface area contributed by atoms with E-state index < -0.39 is 17.7 Å². The summed E-state index contributed by atoms with van der Waals surface area (Å²) in [5.41, 5.74) is -0.196. The van der Waals surface area contributed by atoms with Gasteiger partial charge >= 0.3 is 12.1 Å². The van der Waals surface area contributed by atoms with Crippen LogP contribution in [0.25, 0.3) is 0 Å². The Labute approximate surface area is 113 Å². The van der Waals surface area contributed by atoms with Crippen LogP contribution >= 0.6 is 0 Å². The molecule has 0 aliphatic carbocycles. The number of halogens is 3. The molecule has 20 heavy (non-hydrogen) atoms. The first-order valence-corrected chi connectivity index (χ1v) is 5.93. The summed E-state index contributed by atoms with van der Waals surface area (Å²) in [5, 5.41) is 10.9. The molecule has 0 saturated carbocycles. The molecule has 0 aromatic heterocycles. The number of rotatable bonds is 6. The number of carbonyl (C=O) groups is 2. The molecule has 110 valence electrons. The van der Waals surface area contributed by atoms with Crippen molar-refractivity contribution in [2.24, 2.45) is 0 Å².